The number of anilines is 2. The van der Waals surface area contributed by atoms with Crippen LogP contribution in [-0.2, 0) is 0 Å². The van der Waals surface area contributed by atoms with Crippen LogP contribution in [0.1, 0.15) is 19.3 Å². The third kappa shape index (κ3) is 3.94. The molecule has 1 saturated heterocycles. The number of nitriles is 1. The van der Waals surface area contributed by atoms with Gasteiger partial charge in [0.1, 0.15) is 11.8 Å². The SMILES string of the molecule is N#C/C(=N\Nc1ccc(N2CCCCC2)c([N+](=O)[O-])c1)C(=N)N. The highest BCUT2D eigenvalue weighted by atomic mass is 16.6. The number of rotatable bonds is 5. The zero-order valence-electron chi connectivity index (χ0n) is 12.5. The predicted molar refractivity (Wildman–Crippen MR) is 87.7 cm³/mol. The molecule has 120 valence electrons. The molecule has 0 atom stereocenters. The summed E-state index contributed by atoms with van der Waals surface area (Å²) in [6.45, 7) is 1.60. The van der Waals surface area contributed by atoms with Gasteiger partial charge in [0, 0.05) is 19.2 Å². The van der Waals surface area contributed by atoms with E-state index in [1.807, 2.05) is 4.90 Å². The molecule has 1 fully saturated rings. The van der Waals surface area contributed by atoms with Crippen molar-refractivity contribution in [3.63, 3.8) is 0 Å². The minimum absolute atomic E-state index is 0.0200. The Morgan fingerprint density at radius 3 is 2.70 bits per heavy atom. The first-order valence-corrected chi connectivity index (χ1v) is 7.14. The van der Waals surface area contributed by atoms with E-state index in [9.17, 15) is 10.1 Å². The molecular weight excluding hydrogens is 298 g/mol. The van der Waals surface area contributed by atoms with E-state index in [2.05, 4.69) is 10.5 Å². The Kier molecular flexibility index (Phi) is 5.09. The fourth-order valence-corrected chi connectivity index (χ4v) is 2.41. The van der Waals surface area contributed by atoms with Gasteiger partial charge >= 0.3 is 0 Å². The molecule has 1 aliphatic heterocycles. The molecule has 0 aromatic heterocycles. The van der Waals surface area contributed by atoms with Crippen molar-refractivity contribution in [1.82, 2.24) is 0 Å². The predicted octanol–water partition coefficient (Wildman–Crippen LogP) is 1.81. The molecule has 9 heteroatoms. The maximum atomic E-state index is 11.3. The second kappa shape index (κ2) is 7.22. The summed E-state index contributed by atoms with van der Waals surface area (Å²) in [7, 11) is 0. The van der Waals surface area contributed by atoms with Crippen LogP contribution in [0.25, 0.3) is 0 Å². The number of nitro benzene ring substituents is 1. The lowest BCUT2D eigenvalue weighted by atomic mass is 10.1. The van der Waals surface area contributed by atoms with Gasteiger partial charge in [0.25, 0.3) is 5.69 Å². The molecule has 0 aliphatic carbocycles. The van der Waals surface area contributed by atoms with E-state index in [-0.39, 0.29) is 11.4 Å². The summed E-state index contributed by atoms with van der Waals surface area (Å²) in [6, 6.07) is 6.35. The van der Waals surface area contributed by atoms with Gasteiger partial charge in [-0.05, 0) is 31.4 Å². The van der Waals surface area contributed by atoms with Crippen LogP contribution in [0.15, 0.2) is 23.3 Å². The number of hydrogen-bond donors (Lipinski definition) is 3. The van der Waals surface area contributed by atoms with Crippen LogP contribution in [0.3, 0.4) is 0 Å². The second-order valence-corrected chi connectivity index (χ2v) is 5.11. The highest BCUT2D eigenvalue weighted by Gasteiger charge is 2.21. The third-order valence-electron chi connectivity index (χ3n) is 3.53. The van der Waals surface area contributed by atoms with Gasteiger partial charge in [-0.25, -0.2) is 0 Å². The minimum Gasteiger partial charge on any atom is -0.382 e. The summed E-state index contributed by atoms with van der Waals surface area (Å²) in [6.07, 6.45) is 3.18. The molecular formula is C14H17N7O2. The van der Waals surface area contributed by atoms with E-state index >= 15 is 0 Å². The van der Waals surface area contributed by atoms with Crippen LogP contribution in [0, 0.1) is 26.9 Å². The van der Waals surface area contributed by atoms with Crippen LogP contribution in [-0.4, -0.2) is 29.6 Å². The van der Waals surface area contributed by atoms with Gasteiger partial charge < -0.3 is 10.6 Å². The van der Waals surface area contributed by atoms with Crippen molar-refractivity contribution < 1.29 is 4.92 Å². The van der Waals surface area contributed by atoms with Crippen molar-refractivity contribution in [3.8, 4) is 6.07 Å². The van der Waals surface area contributed by atoms with Gasteiger partial charge in [0.05, 0.1) is 10.6 Å². The normalized spacial score (nSPS) is 14.9. The molecule has 0 radical (unpaired) electrons. The molecule has 23 heavy (non-hydrogen) atoms. The zero-order valence-corrected chi connectivity index (χ0v) is 12.5. The quantitative estimate of drug-likeness (QED) is 0.327. The first-order valence-electron chi connectivity index (χ1n) is 7.14. The number of piperidine rings is 1. The molecule has 0 bridgehead atoms. The van der Waals surface area contributed by atoms with Crippen molar-refractivity contribution in [3.05, 3.63) is 28.3 Å². The number of nitro groups is 1. The van der Waals surface area contributed by atoms with E-state index < -0.39 is 10.8 Å². The average Bonchev–Trinajstić information content (AvgIpc) is 2.55. The van der Waals surface area contributed by atoms with Crippen molar-refractivity contribution in [2.45, 2.75) is 19.3 Å². The highest BCUT2D eigenvalue weighted by Crippen LogP contribution is 2.32. The van der Waals surface area contributed by atoms with Gasteiger partial charge in [0.15, 0.2) is 5.84 Å². The Balaban J connectivity index is 2.27. The topological polar surface area (TPSA) is 144 Å². The van der Waals surface area contributed by atoms with Crippen molar-refractivity contribution in [2.75, 3.05) is 23.4 Å². The van der Waals surface area contributed by atoms with Gasteiger partial charge in [-0.3, -0.25) is 20.9 Å². The molecule has 1 aromatic carbocycles. The summed E-state index contributed by atoms with van der Waals surface area (Å²) in [5.41, 5.74) is 8.34. The Morgan fingerprint density at radius 2 is 2.13 bits per heavy atom. The third-order valence-corrected chi connectivity index (χ3v) is 3.53. The van der Waals surface area contributed by atoms with Crippen LogP contribution in [0.5, 0.6) is 0 Å². The van der Waals surface area contributed by atoms with Gasteiger partial charge in [-0.1, -0.05) is 0 Å². The molecule has 0 spiro atoms. The fourth-order valence-electron chi connectivity index (χ4n) is 2.41. The van der Waals surface area contributed by atoms with Gasteiger partial charge in [-0.15, -0.1) is 0 Å². The van der Waals surface area contributed by atoms with E-state index in [0.717, 1.165) is 32.4 Å². The highest BCUT2D eigenvalue weighted by molar-refractivity contribution is 6.45. The average molecular weight is 315 g/mol. The largest absolute Gasteiger partial charge is 0.382 e. The van der Waals surface area contributed by atoms with Gasteiger partial charge in [0.2, 0.25) is 5.71 Å². The zero-order chi connectivity index (χ0) is 16.8. The molecule has 4 N–H and O–H groups in total. The standard InChI is InChI=1S/C14H17N7O2/c15-9-11(14(16)17)19-18-10-4-5-12(13(8-10)21(22)23)20-6-2-1-3-7-20/h4-5,8,18H,1-3,6-7H2,(H3,16,17)/b19-11+. The van der Waals surface area contributed by atoms with Crippen molar-refractivity contribution in [1.29, 1.82) is 10.7 Å². The van der Waals surface area contributed by atoms with Crippen molar-refractivity contribution in [2.24, 2.45) is 10.8 Å². The summed E-state index contributed by atoms with van der Waals surface area (Å²) >= 11 is 0. The number of amidine groups is 1. The van der Waals surface area contributed by atoms with Crippen LogP contribution in [0.2, 0.25) is 0 Å². The van der Waals surface area contributed by atoms with Crippen LogP contribution in [0.4, 0.5) is 17.1 Å². The van der Waals surface area contributed by atoms with E-state index in [4.69, 9.17) is 16.4 Å². The summed E-state index contributed by atoms with van der Waals surface area (Å²) in [4.78, 5) is 12.9. The summed E-state index contributed by atoms with van der Waals surface area (Å²) in [5, 5.41) is 30.9. The van der Waals surface area contributed by atoms with Crippen LogP contribution < -0.4 is 16.1 Å². The maximum Gasteiger partial charge on any atom is 0.294 e. The van der Waals surface area contributed by atoms with Gasteiger partial charge in [-0.2, -0.15) is 10.4 Å². The lowest BCUT2D eigenvalue weighted by Crippen LogP contribution is -2.29. The molecule has 2 rings (SSSR count). The molecule has 0 unspecified atom stereocenters. The molecule has 1 heterocycles. The second-order valence-electron chi connectivity index (χ2n) is 5.11. The molecule has 0 amide bonds. The summed E-state index contributed by atoms with van der Waals surface area (Å²) < 4.78 is 0. The number of nitrogens with two attached hydrogens (primary N) is 1. The minimum atomic E-state index is -0.473. The number of nitrogens with zero attached hydrogens (tertiary/aromatic N) is 4. The first kappa shape index (κ1) is 16.2. The fraction of sp³-hybridized carbons (Fsp3) is 0.357. The number of hydrogen-bond acceptors (Lipinski definition) is 7. The molecule has 0 saturated carbocycles. The first-order chi connectivity index (χ1) is 11.0. The van der Waals surface area contributed by atoms with E-state index in [1.54, 1.807) is 18.2 Å². The smallest absolute Gasteiger partial charge is 0.294 e. The number of benzene rings is 1. The Labute approximate surface area is 133 Å². The summed E-state index contributed by atoms with van der Waals surface area (Å²) in [5.74, 6) is -0.473. The number of nitrogens with one attached hydrogen (secondary N) is 2. The number of hydrazone groups is 1. The molecule has 9 nitrogen and oxygen atoms in total. The van der Waals surface area contributed by atoms with E-state index in [0.29, 0.717) is 11.4 Å². The molecule has 1 aromatic rings. The molecule has 1 aliphatic rings. The Morgan fingerprint density at radius 1 is 1.43 bits per heavy atom. The van der Waals surface area contributed by atoms with Crippen LogP contribution >= 0.6 is 0 Å². The monoisotopic (exact) mass is 315 g/mol. The maximum absolute atomic E-state index is 11.3. The Bertz CT molecular complexity index is 687. The lowest BCUT2D eigenvalue weighted by molar-refractivity contribution is -0.384. The lowest BCUT2D eigenvalue weighted by Gasteiger charge is -2.28. The van der Waals surface area contributed by atoms with E-state index in [1.165, 1.54) is 6.07 Å². The van der Waals surface area contributed by atoms with Crippen molar-refractivity contribution >= 4 is 28.6 Å². The Hall–Kier alpha value is -3.15.